The molecule has 0 aromatic carbocycles. The third-order valence-electron chi connectivity index (χ3n) is 2.57. The lowest BCUT2D eigenvalue weighted by atomic mass is 10.1. The molecule has 0 aliphatic heterocycles. The van der Waals surface area contributed by atoms with Crippen LogP contribution in [-0.2, 0) is 24.0 Å². The lowest BCUT2D eigenvalue weighted by Gasteiger charge is -2.20. The van der Waals surface area contributed by atoms with Crippen molar-refractivity contribution in [1.29, 1.82) is 0 Å². The molecule has 0 rings (SSSR count). The zero-order valence-corrected chi connectivity index (χ0v) is 12.8. The molecule has 3 amide bonds. The number of carbonyl (C=O) groups is 5. The van der Waals surface area contributed by atoms with Crippen LogP contribution in [0, 0.1) is 0 Å². The first-order valence-electron chi connectivity index (χ1n) is 6.28. The summed E-state index contributed by atoms with van der Waals surface area (Å²) in [4.78, 5) is 55.7. The molecule has 0 aromatic rings. The van der Waals surface area contributed by atoms with Crippen molar-refractivity contribution in [1.82, 2.24) is 10.6 Å². The van der Waals surface area contributed by atoms with E-state index >= 15 is 0 Å². The van der Waals surface area contributed by atoms with Gasteiger partial charge < -0.3 is 32.3 Å². The van der Waals surface area contributed by atoms with E-state index in [1.165, 1.54) is 0 Å². The van der Waals surface area contributed by atoms with Gasteiger partial charge in [-0.15, -0.1) is 0 Å². The Morgan fingerprint density at radius 1 is 0.957 bits per heavy atom. The molecular weight excluding hydrogens is 332 g/mol. The van der Waals surface area contributed by atoms with Gasteiger partial charge in [0.25, 0.3) is 0 Å². The maximum absolute atomic E-state index is 11.9. The normalized spacial score (nSPS) is 14.2. The second kappa shape index (κ2) is 9.63. The van der Waals surface area contributed by atoms with Gasteiger partial charge in [0.15, 0.2) is 0 Å². The number of hydrogen-bond donors (Lipinski definition) is 7. The Labute approximate surface area is 136 Å². The summed E-state index contributed by atoms with van der Waals surface area (Å²) >= 11 is 3.84. The standard InChI is InChI=1S/C11H18N4O7S/c12-4(1-7(13)16)9(19)15-6(3-23)10(20)14-5(11(21)22)2-8(17)18/h4-6,23H,1-3,12H2,(H2,13,16)(H,14,20)(H,15,19)(H,17,18)(H,21,22)/t4-,5-,6-/m0/s1. The van der Waals surface area contributed by atoms with Gasteiger partial charge in [0.1, 0.15) is 12.1 Å². The second-order valence-corrected chi connectivity index (χ2v) is 4.88. The molecule has 0 bridgehead atoms. The maximum atomic E-state index is 11.9. The number of nitrogens with one attached hydrogen (secondary N) is 2. The van der Waals surface area contributed by atoms with Crippen molar-refractivity contribution in [3.8, 4) is 0 Å². The van der Waals surface area contributed by atoms with E-state index in [2.05, 4.69) is 17.9 Å². The van der Waals surface area contributed by atoms with E-state index in [1.54, 1.807) is 0 Å². The molecule has 8 N–H and O–H groups in total. The number of aliphatic carboxylic acids is 2. The highest BCUT2D eigenvalue weighted by molar-refractivity contribution is 7.80. The first-order chi connectivity index (χ1) is 10.6. The summed E-state index contributed by atoms with van der Waals surface area (Å²) in [5, 5.41) is 21.6. The molecule has 0 saturated carbocycles. The summed E-state index contributed by atoms with van der Waals surface area (Å²) in [5.74, 6) is -5.80. The van der Waals surface area contributed by atoms with Gasteiger partial charge in [-0.05, 0) is 0 Å². The topological polar surface area (TPSA) is 202 Å². The fourth-order valence-corrected chi connectivity index (χ4v) is 1.69. The van der Waals surface area contributed by atoms with Gasteiger partial charge >= 0.3 is 11.9 Å². The van der Waals surface area contributed by atoms with Gasteiger partial charge in [-0.3, -0.25) is 19.2 Å². The first kappa shape index (κ1) is 20.7. The van der Waals surface area contributed by atoms with Crippen molar-refractivity contribution in [2.45, 2.75) is 31.0 Å². The van der Waals surface area contributed by atoms with Crippen molar-refractivity contribution in [2.75, 3.05) is 5.75 Å². The zero-order chi connectivity index (χ0) is 18.2. The third-order valence-corrected chi connectivity index (χ3v) is 2.93. The second-order valence-electron chi connectivity index (χ2n) is 4.52. The van der Waals surface area contributed by atoms with Crippen LogP contribution in [0.1, 0.15) is 12.8 Å². The molecule has 0 aromatic heterocycles. The number of hydrogen-bond acceptors (Lipinski definition) is 7. The van der Waals surface area contributed by atoms with Crippen molar-refractivity contribution in [3.05, 3.63) is 0 Å². The molecule has 23 heavy (non-hydrogen) atoms. The number of nitrogens with two attached hydrogens (primary N) is 2. The fourth-order valence-electron chi connectivity index (χ4n) is 1.43. The van der Waals surface area contributed by atoms with E-state index in [9.17, 15) is 24.0 Å². The predicted molar refractivity (Wildman–Crippen MR) is 79.4 cm³/mol. The average molecular weight is 350 g/mol. The average Bonchev–Trinajstić information content (AvgIpc) is 2.41. The Bertz CT molecular complexity index is 499. The molecule has 0 fully saturated rings. The summed E-state index contributed by atoms with van der Waals surface area (Å²) < 4.78 is 0. The minimum absolute atomic E-state index is 0.208. The van der Waals surface area contributed by atoms with E-state index in [0.29, 0.717) is 0 Å². The van der Waals surface area contributed by atoms with Crippen LogP contribution >= 0.6 is 12.6 Å². The minimum atomic E-state index is -1.67. The summed E-state index contributed by atoms with van der Waals surface area (Å²) in [7, 11) is 0. The quantitative estimate of drug-likeness (QED) is 0.198. The highest BCUT2D eigenvalue weighted by Crippen LogP contribution is 1.98. The largest absolute Gasteiger partial charge is 0.481 e. The van der Waals surface area contributed by atoms with Crippen LogP contribution in [0.3, 0.4) is 0 Å². The van der Waals surface area contributed by atoms with Gasteiger partial charge in [0.2, 0.25) is 17.7 Å². The Kier molecular flexibility index (Phi) is 8.65. The molecular formula is C11H18N4O7S. The van der Waals surface area contributed by atoms with Gasteiger partial charge in [-0.2, -0.15) is 12.6 Å². The predicted octanol–water partition coefficient (Wildman–Crippen LogP) is -3.35. The van der Waals surface area contributed by atoms with Crippen molar-refractivity contribution in [3.63, 3.8) is 0 Å². The van der Waals surface area contributed by atoms with Gasteiger partial charge in [0.05, 0.1) is 18.9 Å². The number of carboxylic acids is 2. The SMILES string of the molecule is NC(=O)C[C@H](N)C(=O)N[C@@H](CS)C(=O)N[C@@H](CC(=O)O)C(=O)O. The van der Waals surface area contributed by atoms with Crippen molar-refractivity contribution < 1.29 is 34.2 Å². The van der Waals surface area contributed by atoms with Crippen LogP contribution in [-0.4, -0.2) is 63.8 Å². The number of rotatable bonds is 10. The summed E-state index contributed by atoms with van der Waals surface area (Å²) in [6.45, 7) is 0. The van der Waals surface area contributed by atoms with E-state index < -0.39 is 60.6 Å². The molecule has 0 unspecified atom stereocenters. The summed E-state index contributed by atoms with van der Waals surface area (Å²) in [6, 6.07) is -4.21. The molecule has 3 atom stereocenters. The number of primary amides is 1. The number of thiol groups is 1. The Hall–Kier alpha value is -2.34. The molecule has 11 nitrogen and oxygen atoms in total. The molecule has 0 aliphatic carbocycles. The van der Waals surface area contributed by atoms with Crippen LogP contribution in [0.25, 0.3) is 0 Å². The van der Waals surface area contributed by atoms with Crippen LogP contribution in [0.5, 0.6) is 0 Å². The van der Waals surface area contributed by atoms with Gasteiger partial charge in [-0.25, -0.2) is 4.79 Å². The van der Waals surface area contributed by atoms with E-state index in [1.807, 2.05) is 5.32 Å². The van der Waals surface area contributed by atoms with Crippen LogP contribution in [0.2, 0.25) is 0 Å². The highest BCUT2D eigenvalue weighted by atomic mass is 32.1. The molecule has 0 radical (unpaired) electrons. The number of carboxylic acid groups (broad SMARTS) is 2. The smallest absolute Gasteiger partial charge is 0.326 e. The zero-order valence-electron chi connectivity index (χ0n) is 11.9. The van der Waals surface area contributed by atoms with E-state index in [0.717, 1.165) is 0 Å². The molecule has 0 spiro atoms. The molecule has 0 saturated heterocycles. The Morgan fingerprint density at radius 2 is 1.48 bits per heavy atom. The van der Waals surface area contributed by atoms with Crippen molar-refractivity contribution in [2.24, 2.45) is 11.5 Å². The Morgan fingerprint density at radius 3 is 1.87 bits per heavy atom. The lowest BCUT2D eigenvalue weighted by Crippen LogP contribution is -2.55. The Balaban J connectivity index is 4.78. The molecule has 12 heteroatoms. The van der Waals surface area contributed by atoms with Gasteiger partial charge in [0, 0.05) is 5.75 Å². The molecule has 130 valence electrons. The lowest BCUT2D eigenvalue weighted by molar-refractivity contribution is -0.147. The third kappa shape index (κ3) is 8.01. The number of amides is 3. The molecule has 0 aliphatic rings. The monoisotopic (exact) mass is 350 g/mol. The van der Waals surface area contributed by atoms with E-state index in [-0.39, 0.29) is 5.75 Å². The van der Waals surface area contributed by atoms with E-state index in [4.69, 9.17) is 21.7 Å². The van der Waals surface area contributed by atoms with Crippen LogP contribution in [0.15, 0.2) is 0 Å². The summed E-state index contributed by atoms with van der Waals surface area (Å²) in [6.07, 6.45) is -1.28. The maximum Gasteiger partial charge on any atom is 0.326 e. The molecule has 0 heterocycles. The van der Waals surface area contributed by atoms with Crippen molar-refractivity contribution >= 4 is 42.3 Å². The first-order valence-corrected chi connectivity index (χ1v) is 6.91. The fraction of sp³-hybridized carbons (Fsp3) is 0.545. The summed E-state index contributed by atoms with van der Waals surface area (Å²) in [5.41, 5.74) is 10.3. The minimum Gasteiger partial charge on any atom is -0.481 e. The number of carbonyl (C=O) groups excluding carboxylic acids is 3. The van der Waals surface area contributed by atoms with Crippen LogP contribution in [0.4, 0.5) is 0 Å². The highest BCUT2D eigenvalue weighted by Gasteiger charge is 2.28. The van der Waals surface area contributed by atoms with Crippen LogP contribution < -0.4 is 22.1 Å². The van der Waals surface area contributed by atoms with Gasteiger partial charge in [-0.1, -0.05) is 0 Å².